The molecule has 20 heavy (non-hydrogen) atoms. The topological polar surface area (TPSA) is 51.8 Å². The molecule has 1 heterocycles. The van der Waals surface area contributed by atoms with Gasteiger partial charge in [0, 0.05) is 29.1 Å². The van der Waals surface area contributed by atoms with Crippen LogP contribution in [0.5, 0.6) is 0 Å². The van der Waals surface area contributed by atoms with Gasteiger partial charge in [-0.3, -0.25) is 0 Å². The molecule has 1 aliphatic rings. The summed E-state index contributed by atoms with van der Waals surface area (Å²) in [4.78, 5) is 9.27. The second-order valence-corrected chi connectivity index (χ2v) is 6.61. The van der Waals surface area contributed by atoms with E-state index in [1.807, 2.05) is 6.20 Å². The molecule has 104 valence electrons. The lowest BCUT2D eigenvalue weighted by Gasteiger charge is -2.34. The molecule has 1 unspecified atom stereocenters. The van der Waals surface area contributed by atoms with Crippen LogP contribution in [0.3, 0.4) is 0 Å². The Kier molecular flexibility index (Phi) is 3.09. The van der Waals surface area contributed by atoms with Gasteiger partial charge < -0.3 is 5.73 Å². The molecule has 0 aliphatic heterocycles. The number of fused-ring (bicyclic) bond motifs is 1. The predicted molar refractivity (Wildman–Crippen MR) is 81.2 cm³/mol. The zero-order valence-electron chi connectivity index (χ0n) is 12.4. The van der Waals surface area contributed by atoms with Crippen LogP contribution in [0.1, 0.15) is 43.1 Å². The zero-order valence-corrected chi connectivity index (χ0v) is 12.4. The van der Waals surface area contributed by atoms with E-state index < -0.39 is 0 Å². The summed E-state index contributed by atoms with van der Waals surface area (Å²) in [7, 11) is 0. The lowest BCUT2D eigenvalue weighted by Crippen LogP contribution is -2.30. The standard InChI is InChI=1S/C17H21N3/c1-11-4-6-12(7-5-11)16-19-10-13-14(18)8-17(2,3)9-15(13)20-16/h4-7,10,14H,8-9,18H2,1-3H3. The summed E-state index contributed by atoms with van der Waals surface area (Å²) in [6.45, 7) is 6.59. The minimum atomic E-state index is 0.0563. The minimum absolute atomic E-state index is 0.0563. The average Bonchev–Trinajstić information content (AvgIpc) is 2.37. The van der Waals surface area contributed by atoms with Gasteiger partial charge in [0.25, 0.3) is 0 Å². The summed E-state index contributed by atoms with van der Waals surface area (Å²) < 4.78 is 0. The summed E-state index contributed by atoms with van der Waals surface area (Å²) in [5.41, 5.74) is 11.0. The maximum atomic E-state index is 6.25. The molecule has 2 N–H and O–H groups in total. The first-order valence-corrected chi connectivity index (χ1v) is 7.13. The summed E-state index contributed by atoms with van der Waals surface area (Å²) in [5, 5.41) is 0. The molecule has 3 nitrogen and oxygen atoms in total. The normalized spacial score (nSPS) is 20.5. The Bertz CT molecular complexity index is 629. The van der Waals surface area contributed by atoms with Gasteiger partial charge in [0.1, 0.15) is 0 Å². The van der Waals surface area contributed by atoms with Crippen molar-refractivity contribution in [1.82, 2.24) is 9.97 Å². The van der Waals surface area contributed by atoms with Crippen molar-refractivity contribution < 1.29 is 0 Å². The smallest absolute Gasteiger partial charge is 0.159 e. The third-order valence-electron chi connectivity index (χ3n) is 4.03. The summed E-state index contributed by atoms with van der Waals surface area (Å²) >= 11 is 0. The lowest BCUT2D eigenvalue weighted by molar-refractivity contribution is 0.278. The minimum Gasteiger partial charge on any atom is -0.324 e. The van der Waals surface area contributed by atoms with Gasteiger partial charge in [-0.1, -0.05) is 43.7 Å². The predicted octanol–water partition coefficient (Wildman–Crippen LogP) is 3.42. The maximum Gasteiger partial charge on any atom is 0.159 e. The fraction of sp³-hybridized carbons (Fsp3) is 0.412. The van der Waals surface area contributed by atoms with E-state index in [1.165, 1.54) is 5.56 Å². The number of rotatable bonds is 1. The second-order valence-electron chi connectivity index (χ2n) is 6.61. The molecule has 0 radical (unpaired) electrons. The highest BCUT2D eigenvalue weighted by Gasteiger charge is 2.31. The molecule has 0 saturated carbocycles. The van der Waals surface area contributed by atoms with Crippen molar-refractivity contribution in [3.05, 3.63) is 47.3 Å². The second kappa shape index (κ2) is 4.67. The first-order valence-electron chi connectivity index (χ1n) is 7.13. The molecule has 3 rings (SSSR count). The third kappa shape index (κ3) is 2.46. The van der Waals surface area contributed by atoms with Gasteiger partial charge in [0.15, 0.2) is 5.82 Å². The first-order chi connectivity index (χ1) is 9.44. The van der Waals surface area contributed by atoms with Gasteiger partial charge in [0.2, 0.25) is 0 Å². The lowest BCUT2D eigenvalue weighted by atomic mass is 9.74. The van der Waals surface area contributed by atoms with E-state index in [0.29, 0.717) is 0 Å². The van der Waals surface area contributed by atoms with Crippen LogP contribution in [0.2, 0.25) is 0 Å². The van der Waals surface area contributed by atoms with E-state index in [-0.39, 0.29) is 11.5 Å². The Balaban J connectivity index is 2.02. The number of aromatic nitrogens is 2. The molecule has 2 aromatic rings. The Hall–Kier alpha value is -1.74. The number of nitrogens with zero attached hydrogens (tertiary/aromatic N) is 2. The molecule has 0 saturated heterocycles. The van der Waals surface area contributed by atoms with Gasteiger partial charge in [0.05, 0.1) is 0 Å². The van der Waals surface area contributed by atoms with Crippen LogP contribution >= 0.6 is 0 Å². The van der Waals surface area contributed by atoms with Gasteiger partial charge in [-0.05, 0) is 25.2 Å². The van der Waals surface area contributed by atoms with Crippen molar-refractivity contribution in [3.63, 3.8) is 0 Å². The van der Waals surface area contributed by atoms with Crippen molar-refractivity contribution in [1.29, 1.82) is 0 Å². The van der Waals surface area contributed by atoms with Crippen LogP contribution in [-0.2, 0) is 6.42 Å². The van der Waals surface area contributed by atoms with Crippen molar-refractivity contribution in [3.8, 4) is 11.4 Å². The highest BCUT2D eigenvalue weighted by atomic mass is 14.9. The highest BCUT2D eigenvalue weighted by molar-refractivity contribution is 5.55. The fourth-order valence-corrected chi connectivity index (χ4v) is 2.95. The monoisotopic (exact) mass is 267 g/mol. The first kappa shape index (κ1) is 13.3. The Morgan fingerprint density at radius 1 is 1.20 bits per heavy atom. The SMILES string of the molecule is Cc1ccc(-c2ncc3c(n2)CC(C)(C)CC3N)cc1. The number of nitrogens with two attached hydrogens (primary N) is 1. The zero-order chi connectivity index (χ0) is 14.3. The maximum absolute atomic E-state index is 6.25. The van der Waals surface area contributed by atoms with Crippen LogP contribution in [0, 0.1) is 12.3 Å². The van der Waals surface area contributed by atoms with Crippen molar-refractivity contribution in [2.24, 2.45) is 11.1 Å². The largest absolute Gasteiger partial charge is 0.324 e. The third-order valence-corrected chi connectivity index (χ3v) is 4.03. The number of benzene rings is 1. The van der Waals surface area contributed by atoms with E-state index in [2.05, 4.69) is 50.0 Å². The number of aryl methyl sites for hydroxylation is 1. The van der Waals surface area contributed by atoms with Gasteiger partial charge in [-0.15, -0.1) is 0 Å². The Morgan fingerprint density at radius 2 is 1.90 bits per heavy atom. The van der Waals surface area contributed by atoms with Gasteiger partial charge >= 0.3 is 0 Å². The van der Waals surface area contributed by atoms with E-state index in [1.54, 1.807) is 0 Å². The fourth-order valence-electron chi connectivity index (χ4n) is 2.95. The molecule has 0 spiro atoms. The van der Waals surface area contributed by atoms with Crippen molar-refractivity contribution in [2.45, 2.75) is 39.7 Å². The number of hydrogen-bond acceptors (Lipinski definition) is 3. The molecule has 1 aliphatic carbocycles. The van der Waals surface area contributed by atoms with Gasteiger partial charge in [-0.2, -0.15) is 0 Å². The molecule has 1 aromatic carbocycles. The summed E-state index contributed by atoms with van der Waals surface area (Å²) in [6.07, 6.45) is 3.88. The molecule has 0 fully saturated rings. The Labute approximate surface area is 120 Å². The molecular formula is C17H21N3. The number of hydrogen-bond donors (Lipinski definition) is 1. The quantitative estimate of drug-likeness (QED) is 0.861. The molecule has 1 atom stereocenters. The van der Waals surface area contributed by atoms with E-state index in [0.717, 1.165) is 35.5 Å². The van der Waals surface area contributed by atoms with Crippen LogP contribution in [0.25, 0.3) is 11.4 Å². The average molecular weight is 267 g/mol. The van der Waals surface area contributed by atoms with Crippen LogP contribution < -0.4 is 5.73 Å². The molecular weight excluding hydrogens is 246 g/mol. The molecule has 0 amide bonds. The van der Waals surface area contributed by atoms with E-state index in [4.69, 9.17) is 10.7 Å². The van der Waals surface area contributed by atoms with Crippen LogP contribution in [-0.4, -0.2) is 9.97 Å². The molecule has 0 bridgehead atoms. The highest BCUT2D eigenvalue weighted by Crippen LogP contribution is 2.38. The van der Waals surface area contributed by atoms with Crippen molar-refractivity contribution in [2.75, 3.05) is 0 Å². The van der Waals surface area contributed by atoms with Gasteiger partial charge in [-0.25, -0.2) is 9.97 Å². The van der Waals surface area contributed by atoms with E-state index >= 15 is 0 Å². The van der Waals surface area contributed by atoms with Crippen molar-refractivity contribution >= 4 is 0 Å². The van der Waals surface area contributed by atoms with Crippen LogP contribution in [0.4, 0.5) is 0 Å². The molecule has 1 aromatic heterocycles. The van der Waals surface area contributed by atoms with E-state index in [9.17, 15) is 0 Å². The van der Waals surface area contributed by atoms with Crippen LogP contribution in [0.15, 0.2) is 30.5 Å². The Morgan fingerprint density at radius 3 is 2.60 bits per heavy atom. The summed E-state index contributed by atoms with van der Waals surface area (Å²) in [6, 6.07) is 8.39. The summed E-state index contributed by atoms with van der Waals surface area (Å²) in [5.74, 6) is 0.800. The molecule has 3 heteroatoms.